The SMILES string of the molecule is O=C(Oc1ccc2c(=O)c(-c3ccccc3)c(C(F)(F)F)oc2c1)N(c1ccccc1)c1ccccc1. The monoisotopic (exact) mass is 501 g/mol. The first-order valence-electron chi connectivity index (χ1n) is 11.2. The molecule has 5 aromatic rings. The number of halogens is 3. The largest absolute Gasteiger partial charge is 0.450 e. The molecular formula is C29H18F3NO4. The highest BCUT2D eigenvalue weighted by atomic mass is 19.4. The molecule has 0 unspecified atom stereocenters. The summed E-state index contributed by atoms with van der Waals surface area (Å²) in [6.45, 7) is 0. The van der Waals surface area contributed by atoms with Crippen molar-refractivity contribution in [3.63, 3.8) is 0 Å². The molecule has 0 aliphatic rings. The smallest absolute Gasteiger partial charge is 0.450 e. The van der Waals surface area contributed by atoms with E-state index >= 15 is 0 Å². The Morgan fingerprint density at radius 2 is 1.30 bits per heavy atom. The zero-order chi connectivity index (χ0) is 26.0. The zero-order valence-corrected chi connectivity index (χ0v) is 19.1. The van der Waals surface area contributed by atoms with Crippen LogP contribution in [-0.4, -0.2) is 6.09 Å². The Morgan fingerprint density at radius 3 is 1.84 bits per heavy atom. The number of hydrogen-bond donors (Lipinski definition) is 0. The second-order valence-corrected chi connectivity index (χ2v) is 8.03. The predicted octanol–water partition coefficient (Wildman–Crippen LogP) is 7.82. The van der Waals surface area contributed by atoms with Crippen LogP contribution >= 0.6 is 0 Å². The molecule has 0 atom stereocenters. The minimum absolute atomic E-state index is 0.0744. The normalized spacial score (nSPS) is 11.3. The Kier molecular flexibility index (Phi) is 6.23. The van der Waals surface area contributed by atoms with Gasteiger partial charge < -0.3 is 9.15 Å². The van der Waals surface area contributed by atoms with Crippen LogP contribution < -0.4 is 15.1 Å². The minimum Gasteiger partial charge on any atom is -0.450 e. The van der Waals surface area contributed by atoms with E-state index in [-0.39, 0.29) is 22.3 Å². The van der Waals surface area contributed by atoms with Crippen LogP contribution in [0.3, 0.4) is 0 Å². The lowest BCUT2D eigenvalue weighted by Gasteiger charge is -2.22. The van der Waals surface area contributed by atoms with Crippen molar-refractivity contribution in [2.24, 2.45) is 0 Å². The van der Waals surface area contributed by atoms with E-state index in [0.717, 1.165) is 6.07 Å². The maximum atomic E-state index is 13.9. The Balaban J connectivity index is 1.57. The fourth-order valence-corrected chi connectivity index (χ4v) is 3.96. The summed E-state index contributed by atoms with van der Waals surface area (Å²) in [6.07, 6.45) is -5.72. The number of anilines is 2. The van der Waals surface area contributed by atoms with Gasteiger partial charge in [0.2, 0.25) is 11.2 Å². The first-order chi connectivity index (χ1) is 17.8. The number of para-hydroxylation sites is 2. The maximum absolute atomic E-state index is 13.9. The van der Waals surface area contributed by atoms with Crippen LogP contribution in [-0.2, 0) is 6.18 Å². The molecule has 4 aromatic carbocycles. The van der Waals surface area contributed by atoms with Gasteiger partial charge in [-0.1, -0.05) is 66.7 Å². The molecule has 0 bridgehead atoms. The molecule has 0 radical (unpaired) electrons. The second-order valence-electron chi connectivity index (χ2n) is 8.03. The van der Waals surface area contributed by atoms with Gasteiger partial charge in [0.15, 0.2) is 0 Å². The number of carbonyl (C=O) groups excluding carboxylic acids is 1. The minimum atomic E-state index is -4.93. The number of nitrogens with zero attached hydrogens (tertiary/aromatic N) is 1. The summed E-state index contributed by atoms with van der Waals surface area (Å²) in [5.74, 6) is -1.51. The van der Waals surface area contributed by atoms with Crippen LogP contribution in [0.4, 0.5) is 29.3 Å². The predicted molar refractivity (Wildman–Crippen MR) is 134 cm³/mol. The third-order valence-electron chi connectivity index (χ3n) is 5.60. The summed E-state index contributed by atoms with van der Waals surface area (Å²) in [6, 6.07) is 28.7. The van der Waals surface area contributed by atoms with E-state index in [1.165, 1.54) is 41.3 Å². The summed E-state index contributed by atoms with van der Waals surface area (Å²) < 4.78 is 52.5. The fraction of sp³-hybridized carbons (Fsp3) is 0.0345. The average Bonchev–Trinajstić information content (AvgIpc) is 2.90. The van der Waals surface area contributed by atoms with E-state index in [2.05, 4.69) is 0 Å². The molecular weight excluding hydrogens is 483 g/mol. The number of hydrogen-bond acceptors (Lipinski definition) is 4. The first-order valence-corrected chi connectivity index (χ1v) is 11.2. The molecule has 0 aliphatic heterocycles. The van der Waals surface area contributed by atoms with E-state index in [0.29, 0.717) is 11.4 Å². The molecule has 5 rings (SSSR count). The summed E-state index contributed by atoms with van der Waals surface area (Å²) >= 11 is 0. The molecule has 0 fully saturated rings. The summed E-state index contributed by atoms with van der Waals surface area (Å²) in [7, 11) is 0. The van der Waals surface area contributed by atoms with Crippen LogP contribution in [0.25, 0.3) is 22.1 Å². The Labute approximate surface area is 209 Å². The third kappa shape index (κ3) is 4.81. The summed E-state index contributed by atoms with van der Waals surface area (Å²) in [5, 5.41) is -0.0744. The Bertz CT molecular complexity index is 1580. The van der Waals surface area contributed by atoms with Crippen LogP contribution in [0, 0.1) is 0 Å². The van der Waals surface area contributed by atoms with Crippen molar-refractivity contribution in [3.05, 3.63) is 125 Å². The van der Waals surface area contributed by atoms with Gasteiger partial charge in [-0.25, -0.2) is 9.69 Å². The van der Waals surface area contributed by atoms with Gasteiger partial charge in [-0.15, -0.1) is 0 Å². The molecule has 5 nitrogen and oxygen atoms in total. The van der Waals surface area contributed by atoms with Gasteiger partial charge >= 0.3 is 12.3 Å². The van der Waals surface area contributed by atoms with Crippen LogP contribution in [0.1, 0.15) is 5.76 Å². The lowest BCUT2D eigenvalue weighted by Crippen LogP contribution is -2.29. The number of alkyl halides is 3. The van der Waals surface area contributed by atoms with Crippen LogP contribution in [0.5, 0.6) is 5.75 Å². The summed E-state index contributed by atoms with van der Waals surface area (Å²) in [5.41, 5.74) is -0.635. The highest BCUT2D eigenvalue weighted by Crippen LogP contribution is 2.38. The van der Waals surface area contributed by atoms with Crippen molar-refractivity contribution in [1.29, 1.82) is 0 Å². The topological polar surface area (TPSA) is 59.8 Å². The number of rotatable bonds is 4. The van der Waals surface area contributed by atoms with E-state index in [4.69, 9.17) is 9.15 Å². The molecule has 0 saturated carbocycles. The molecule has 1 aromatic heterocycles. The molecule has 1 heterocycles. The molecule has 0 aliphatic carbocycles. The Hall–Kier alpha value is -4.85. The van der Waals surface area contributed by atoms with Gasteiger partial charge in [-0.3, -0.25) is 4.79 Å². The fourth-order valence-electron chi connectivity index (χ4n) is 3.96. The number of amides is 1. The van der Waals surface area contributed by atoms with Gasteiger partial charge in [0.25, 0.3) is 0 Å². The molecule has 1 amide bonds. The van der Waals surface area contributed by atoms with E-state index in [9.17, 15) is 22.8 Å². The third-order valence-corrected chi connectivity index (χ3v) is 5.60. The van der Waals surface area contributed by atoms with Gasteiger partial charge in [0.05, 0.1) is 22.3 Å². The van der Waals surface area contributed by atoms with E-state index < -0.39 is 29.0 Å². The molecule has 8 heteroatoms. The number of carbonyl (C=O) groups is 1. The Morgan fingerprint density at radius 1 is 0.757 bits per heavy atom. The van der Waals surface area contributed by atoms with Crippen molar-refractivity contribution >= 4 is 28.4 Å². The zero-order valence-electron chi connectivity index (χ0n) is 19.1. The van der Waals surface area contributed by atoms with Crippen molar-refractivity contribution in [2.75, 3.05) is 4.90 Å². The first kappa shape index (κ1) is 23.9. The van der Waals surface area contributed by atoms with E-state index in [1.54, 1.807) is 66.7 Å². The number of ether oxygens (including phenoxy) is 1. The highest BCUT2D eigenvalue weighted by Gasteiger charge is 2.39. The molecule has 0 N–H and O–H groups in total. The number of fused-ring (bicyclic) bond motifs is 1. The van der Waals surface area contributed by atoms with Crippen LogP contribution in [0.15, 0.2) is 118 Å². The molecule has 184 valence electrons. The van der Waals surface area contributed by atoms with Gasteiger partial charge in [0, 0.05) is 6.07 Å². The second kappa shape index (κ2) is 9.66. The molecule has 0 saturated heterocycles. The van der Waals surface area contributed by atoms with Crippen molar-refractivity contribution in [1.82, 2.24) is 0 Å². The van der Waals surface area contributed by atoms with Gasteiger partial charge in [-0.2, -0.15) is 13.2 Å². The lowest BCUT2D eigenvalue weighted by molar-refractivity contribution is -0.152. The standard InChI is InChI=1S/C29H18F3NO4/c30-29(31,32)27-25(19-10-4-1-5-11-19)26(34)23-17-16-22(18-24(23)37-27)36-28(35)33(20-12-6-2-7-13-20)21-14-8-3-9-15-21/h1-18H. The average molecular weight is 501 g/mol. The molecule has 0 spiro atoms. The van der Waals surface area contributed by atoms with Crippen molar-refractivity contribution in [3.8, 4) is 16.9 Å². The summed E-state index contributed by atoms with van der Waals surface area (Å²) in [4.78, 5) is 27.7. The van der Waals surface area contributed by atoms with Crippen molar-refractivity contribution < 1.29 is 27.1 Å². The highest BCUT2D eigenvalue weighted by molar-refractivity contribution is 5.97. The quantitative estimate of drug-likeness (QED) is 0.252. The lowest BCUT2D eigenvalue weighted by atomic mass is 10.0. The van der Waals surface area contributed by atoms with E-state index in [1.807, 2.05) is 0 Å². The van der Waals surface area contributed by atoms with Gasteiger partial charge in [0.1, 0.15) is 11.3 Å². The van der Waals surface area contributed by atoms with Crippen LogP contribution in [0.2, 0.25) is 0 Å². The van der Waals surface area contributed by atoms with Gasteiger partial charge in [-0.05, 0) is 42.0 Å². The van der Waals surface area contributed by atoms with Crippen molar-refractivity contribution in [2.45, 2.75) is 6.18 Å². The maximum Gasteiger partial charge on any atom is 0.450 e. The number of benzene rings is 4. The molecule has 37 heavy (non-hydrogen) atoms.